The molecule has 102 valence electrons. The van der Waals surface area contributed by atoms with Gasteiger partial charge in [-0.05, 0) is 40.5 Å². The van der Waals surface area contributed by atoms with Crippen LogP contribution in [-0.2, 0) is 0 Å². The van der Waals surface area contributed by atoms with E-state index in [1.807, 2.05) is 31.2 Å². The van der Waals surface area contributed by atoms with Gasteiger partial charge in [0.15, 0.2) is 10.4 Å². The molecule has 2 heterocycles. The summed E-state index contributed by atoms with van der Waals surface area (Å²) in [6, 6.07) is 11.3. The lowest BCUT2D eigenvalue weighted by molar-refractivity contribution is 0.551. The van der Waals surface area contributed by atoms with Gasteiger partial charge in [-0.1, -0.05) is 29.8 Å². The van der Waals surface area contributed by atoms with Crippen LogP contribution in [0.15, 0.2) is 45.5 Å². The van der Waals surface area contributed by atoms with E-state index < -0.39 is 0 Å². The first-order valence-corrected chi connectivity index (χ1v) is 6.93. The van der Waals surface area contributed by atoms with E-state index in [2.05, 4.69) is 31.1 Å². The van der Waals surface area contributed by atoms with Gasteiger partial charge in [-0.15, -0.1) is 5.10 Å². The molecule has 0 saturated heterocycles. The SMILES string of the molecule is Cc1ccc(C(N)c2nc(-c3ccc(Br)o3)n[nH]2)cc1. The van der Waals surface area contributed by atoms with Gasteiger partial charge in [0.25, 0.3) is 0 Å². The van der Waals surface area contributed by atoms with Gasteiger partial charge in [0.1, 0.15) is 5.82 Å². The second-order valence-electron chi connectivity index (χ2n) is 4.54. The fraction of sp³-hybridized carbons (Fsp3) is 0.143. The summed E-state index contributed by atoms with van der Waals surface area (Å²) in [5.74, 6) is 1.69. The molecule has 1 aromatic carbocycles. The number of aromatic nitrogens is 3. The lowest BCUT2D eigenvalue weighted by Gasteiger charge is -2.08. The normalized spacial score (nSPS) is 12.6. The van der Waals surface area contributed by atoms with Crippen LogP contribution in [0.2, 0.25) is 0 Å². The molecule has 3 rings (SSSR count). The van der Waals surface area contributed by atoms with Crippen molar-refractivity contribution in [2.75, 3.05) is 0 Å². The van der Waals surface area contributed by atoms with Crippen molar-refractivity contribution in [1.29, 1.82) is 0 Å². The number of benzene rings is 1. The van der Waals surface area contributed by atoms with Crippen LogP contribution in [0.5, 0.6) is 0 Å². The van der Waals surface area contributed by atoms with E-state index in [1.54, 1.807) is 12.1 Å². The molecule has 0 amide bonds. The van der Waals surface area contributed by atoms with E-state index in [-0.39, 0.29) is 6.04 Å². The smallest absolute Gasteiger partial charge is 0.217 e. The lowest BCUT2D eigenvalue weighted by atomic mass is 10.1. The van der Waals surface area contributed by atoms with Crippen LogP contribution in [0.3, 0.4) is 0 Å². The third kappa shape index (κ3) is 2.52. The number of aryl methyl sites for hydroxylation is 1. The molecular weight excluding hydrogens is 320 g/mol. The summed E-state index contributed by atoms with van der Waals surface area (Å²) in [7, 11) is 0. The maximum atomic E-state index is 6.19. The predicted octanol–water partition coefficient (Wildman–Crippen LogP) is 3.18. The van der Waals surface area contributed by atoms with Crippen LogP contribution in [-0.4, -0.2) is 15.2 Å². The predicted molar refractivity (Wildman–Crippen MR) is 79.0 cm³/mol. The first-order valence-electron chi connectivity index (χ1n) is 6.13. The number of H-pyrrole nitrogens is 1. The van der Waals surface area contributed by atoms with Crippen LogP contribution >= 0.6 is 15.9 Å². The summed E-state index contributed by atoms with van der Waals surface area (Å²) in [6.45, 7) is 2.04. The average molecular weight is 333 g/mol. The van der Waals surface area contributed by atoms with Gasteiger partial charge in [0.2, 0.25) is 5.82 Å². The fourth-order valence-electron chi connectivity index (χ4n) is 1.89. The molecule has 0 spiro atoms. The Balaban J connectivity index is 1.88. The minimum atomic E-state index is -0.338. The molecule has 0 fully saturated rings. The molecular formula is C14H13BrN4O. The zero-order chi connectivity index (χ0) is 14.1. The van der Waals surface area contributed by atoms with Crippen molar-refractivity contribution in [2.45, 2.75) is 13.0 Å². The molecule has 6 heteroatoms. The Hall–Kier alpha value is -1.92. The van der Waals surface area contributed by atoms with Crippen molar-refractivity contribution in [3.63, 3.8) is 0 Å². The number of furan rings is 1. The van der Waals surface area contributed by atoms with E-state index in [4.69, 9.17) is 10.2 Å². The van der Waals surface area contributed by atoms with Crippen LogP contribution in [0.1, 0.15) is 23.0 Å². The summed E-state index contributed by atoms with van der Waals surface area (Å²) in [5, 5.41) is 7.00. The number of aromatic amines is 1. The molecule has 1 atom stereocenters. The molecule has 20 heavy (non-hydrogen) atoms. The molecule has 3 aromatic rings. The maximum Gasteiger partial charge on any atom is 0.217 e. The zero-order valence-corrected chi connectivity index (χ0v) is 12.4. The largest absolute Gasteiger partial charge is 0.446 e. The van der Waals surface area contributed by atoms with Gasteiger partial charge < -0.3 is 10.2 Å². The molecule has 0 bridgehead atoms. The van der Waals surface area contributed by atoms with Gasteiger partial charge in [-0.25, -0.2) is 4.98 Å². The van der Waals surface area contributed by atoms with E-state index in [9.17, 15) is 0 Å². The monoisotopic (exact) mass is 332 g/mol. The van der Waals surface area contributed by atoms with E-state index >= 15 is 0 Å². The fourth-order valence-corrected chi connectivity index (χ4v) is 2.20. The minimum Gasteiger partial charge on any atom is -0.446 e. The summed E-state index contributed by atoms with van der Waals surface area (Å²) in [4.78, 5) is 4.39. The highest BCUT2D eigenvalue weighted by atomic mass is 79.9. The molecule has 2 aromatic heterocycles. The summed E-state index contributed by atoms with van der Waals surface area (Å²) >= 11 is 3.25. The first-order chi connectivity index (χ1) is 9.63. The Morgan fingerprint density at radius 1 is 1.20 bits per heavy atom. The Morgan fingerprint density at radius 2 is 1.95 bits per heavy atom. The van der Waals surface area contributed by atoms with Crippen molar-refractivity contribution < 1.29 is 4.42 Å². The molecule has 0 aliphatic rings. The van der Waals surface area contributed by atoms with Gasteiger partial charge in [-0.2, -0.15) is 0 Å². The first kappa shape index (κ1) is 13.1. The van der Waals surface area contributed by atoms with Crippen LogP contribution in [0, 0.1) is 6.92 Å². The van der Waals surface area contributed by atoms with E-state index in [1.165, 1.54) is 5.56 Å². The Bertz CT molecular complexity index is 717. The van der Waals surface area contributed by atoms with E-state index in [0.29, 0.717) is 22.1 Å². The van der Waals surface area contributed by atoms with Crippen LogP contribution in [0.25, 0.3) is 11.6 Å². The Morgan fingerprint density at radius 3 is 2.60 bits per heavy atom. The molecule has 0 radical (unpaired) electrons. The molecule has 0 aliphatic carbocycles. The average Bonchev–Trinajstić information content (AvgIpc) is 3.07. The highest BCUT2D eigenvalue weighted by Gasteiger charge is 2.16. The third-order valence-corrected chi connectivity index (χ3v) is 3.45. The molecule has 5 nitrogen and oxygen atoms in total. The van der Waals surface area contributed by atoms with Crippen LogP contribution < -0.4 is 5.73 Å². The van der Waals surface area contributed by atoms with Gasteiger partial charge in [0, 0.05) is 0 Å². The molecule has 0 aliphatic heterocycles. The van der Waals surface area contributed by atoms with Gasteiger partial charge >= 0.3 is 0 Å². The second-order valence-corrected chi connectivity index (χ2v) is 5.32. The number of nitrogens with one attached hydrogen (secondary N) is 1. The minimum absolute atomic E-state index is 0.338. The Kier molecular flexibility index (Phi) is 3.42. The number of hydrogen-bond donors (Lipinski definition) is 2. The highest BCUT2D eigenvalue weighted by molar-refractivity contribution is 9.10. The number of rotatable bonds is 3. The second kappa shape index (κ2) is 5.22. The van der Waals surface area contributed by atoms with Crippen molar-refractivity contribution in [3.8, 4) is 11.6 Å². The maximum absolute atomic E-state index is 6.19. The molecule has 3 N–H and O–H groups in total. The number of hydrogen-bond acceptors (Lipinski definition) is 4. The Labute approximate surface area is 124 Å². The number of nitrogens with two attached hydrogens (primary N) is 1. The lowest BCUT2D eigenvalue weighted by Crippen LogP contribution is -2.13. The topological polar surface area (TPSA) is 80.7 Å². The third-order valence-electron chi connectivity index (χ3n) is 3.03. The van der Waals surface area contributed by atoms with Crippen molar-refractivity contribution in [2.24, 2.45) is 5.73 Å². The van der Waals surface area contributed by atoms with Crippen molar-refractivity contribution >= 4 is 15.9 Å². The standard InChI is InChI=1S/C14H13BrN4O/c1-8-2-4-9(5-3-8)12(16)14-17-13(18-19-14)10-6-7-11(15)20-10/h2-7,12H,16H2,1H3,(H,17,18,19). The number of halogens is 1. The van der Waals surface area contributed by atoms with Crippen molar-refractivity contribution in [3.05, 3.63) is 58.0 Å². The quantitative estimate of drug-likeness (QED) is 0.771. The summed E-state index contributed by atoms with van der Waals surface area (Å²) in [5.41, 5.74) is 8.37. The molecule has 0 saturated carbocycles. The molecule has 1 unspecified atom stereocenters. The van der Waals surface area contributed by atoms with Gasteiger partial charge in [0.05, 0.1) is 6.04 Å². The van der Waals surface area contributed by atoms with Crippen molar-refractivity contribution in [1.82, 2.24) is 15.2 Å². The highest BCUT2D eigenvalue weighted by Crippen LogP contribution is 2.24. The van der Waals surface area contributed by atoms with Gasteiger partial charge in [-0.3, -0.25) is 5.10 Å². The zero-order valence-electron chi connectivity index (χ0n) is 10.8. The summed E-state index contributed by atoms with van der Waals surface area (Å²) in [6.07, 6.45) is 0. The number of nitrogens with zero attached hydrogens (tertiary/aromatic N) is 2. The van der Waals surface area contributed by atoms with E-state index in [0.717, 1.165) is 5.56 Å². The van der Waals surface area contributed by atoms with Crippen LogP contribution in [0.4, 0.5) is 0 Å². The summed E-state index contributed by atoms with van der Waals surface area (Å²) < 4.78 is 6.06.